The number of rotatable bonds is 9. The number of thiazole rings is 1. The Morgan fingerprint density at radius 1 is 1.28 bits per heavy atom. The number of fused-ring (bicyclic) bond motifs is 1. The average Bonchev–Trinajstić information content (AvgIpc) is 3.42. The van der Waals surface area contributed by atoms with Gasteiger partial charge >= 0.3 is 11.9 Å². The van der Waals surface area contributed by atoms with Crippen LogP contribution in [0.3, 0.4) is 0 Å². The minimum Gasteiger partial charge on any atom is -0.481 e. The highest BCUT2D eigenvalue weighted by Gasteiger charge is 2.54. The Bertz CT molecular complexity index is 1100. The number of carboxylic acid groups (broad SMARTS) is 2. The van der Waals surface area contributed by atoms with E-state index in [2.05, 4.69) is 10.3 Å². The first kappa shape index (κ1) is 22.8. The third-order valence-corrected chi connectivity index (χ3v) is 9.11. The number of amides is 2. The lowest BCUT2D eigenvalue weighted by atomic mass is 10.0. The molecule has 3 N–H and O–H groups in total. The third kappa shape index (κ3) is 4.85. The molecule has 9 nitrogen and oxygen atoms in total. The standard InChI is InChI=1S/C19H17N3O6S4/c23-12(6-10-2-1-5-29-10)21-14-16(26)22-15(18(27)28)11(8-30-17(14)22)32-19-20-9(7-31-19)3-4-13(24)25/h1-2,5,7,14,17H,3-4,6,8H2,(H,21,23)(H,24,25)(H,27,28)/t14-,17+/m1/s1. The molecule has 0 aromatic carbocycles. The van der Waals surface area contributed by atoms with Gasteiger partial charge in [0.05, 0.1) is 18.5 Å². The fraction of sp³-hybridized carbons (Fsp3) is 0.316. The van der Waals surface area contributed by atoms with E-state index in [9.17, 15) is 24.3 Å². The van der Waals surface area contributed by atoms with Crippen molar-refractivity contribution < 1.29 is 29.4 Å². The molecule has 0 saturated carbocycles. The summed E-state index contributed by atoms with van der Waals surface area (Å²) in [5.74, 6) is -2.48. The van der Waals surface area contributed by atoms with Gasteiger partial charge in [-0.15, -0.1) is 34.4 Å². The minimum atomic E-state index is -1.21. The molecule has 1 fully saturated rings. The number of aliphatic carboxylic acids is 2. The second-order valence-electron chi connectivity index (χ2n) is 6.89. The Labute approximate surface area is 198 Å². The van der Waals surface area contributed by atoms with Gasteiger partial charge in [0.25, 0.3) is 5.91 Å². The van der Waals surface area contributed by atoms with E-state index in [4.69, 9.17) is 5.11 Å². The highest BCUT2D eigenvalue weighted by molar-refractivity contribution is 8.07. The lowest BCUT2D eigenvalue weighted by Crippen LogP contribution is -2.70. The number of carboxylic acids is 2. The van der Waals surface area contributed by atoms with Gasteiger partial charge in [0, 0.05) is 27.3 Å². The van der Waals surface area contributed by atoms with E-state index in [0.29, 0.717) is 27.1 Å². The van der Waals surface area contributed by atoms with E-state index >= 15 is 0 Å². The van der Waals surface area contributed by atoms with Crippen LogP contribution in [-0.4, -0.2) is 61.0 Å². The number of carbonyl (C=O) groups excluding carboxylic acids is 2. The lowest BCUT2D eigenvalue weighted by Gasteiger charge is -2.49. The number of hydrogen-bond donors (Lipinski definition) is 3. The number of nitrogens with one attached hydrogen (secondary N) is 1. The summed E-state index contributed by atoms with van der Waals surface area (Å²) in [4.78, 5) is 54.7. The monoisotopic (exact) mass is 511 g/mol. The zero-order valence-corrected chi connectivity index (χ0v) is 19.6. The highest BCUT2D eigenvalue weighted by atomic mass is 32.2. The summed E-state index contributed by atoms with van der Waals surface area (Å²) in [6.07, 6.45) is 0.442. The molecule has 0 bridgehead atoms. The van der Waals surface area contributed by atoms with Gasteiger partial charge < -0.3 is 15.5 Å². The van der Waals surface area contributed by atoms with Crippen LogP contribution in [0.4, 0.5) is 0 Å². The Morgan fingerprint density at radius 3 is 2.78 bits per heavy atom. The molecule has 0 unspecified atom stereocenters. The van der Waals surface area contributed by atoms with Crippen molar-refractivity contribution >= 4 is 70.0 Å². The third-order valence-electron chi connectivity index (χ3n) is 4.70. The molecule has 13 heteroatoms. The molecule has 4 rings (SSSR count). The molecule has 0 radical (unpaired) electrons. The maximum absolute atomic E-state index is 12.7. The van der Waals surface area contributed by atoms with E-state index in [-0.39, 0.29) is 24.4 Å². The largest absolute Gasteiger partial charge is 0.481 e. The maximum atomic E-state index is 12.7. The molecule has 2 aliphatic rings. The fourth-order valence-electron chi connectivity index (χ4n) is 3.26. The Hall–Kier alpha value is -2.35. The Balaban J connectivity index is 1.44. The second-order valence-corrected chi connectivity index (χ2v) is 11.2. The number of thiophene rings is 1. The summed E-state index contributed by atoms with van der Waals surface area (Å²) >= 11 is 5.33. The molecular formula is C19H17N3O6S4. The summed E-state index contributed by atoms with van der Waals surface area (Å²) in [6, 6.07) is 2.94. The van der Waals surface area contributed by atoms with Crippen LogP contribution in [0.25, 0.3) is 0 Å². The number of β-lactam (4-membered cyclic amide) rings is 1. The topological polar surface area (TPSA) is 137 Å². The van der Waals surface area contributed by atoms with Crippen LogP contribution >= 0.6 is 46.2 Å². The second kappa shape index (κ2) is 9.65. The summed E-state index contributed by atoms with van der Waals surface area (Å²) in [7, 11) is 0. The van der Waals surface area contributed by atoms with E-state index in [1.165, 1.54) is 51.1 Å². The first-order valence-corrected chi connectivity index (χ1v) is 13.0. The average molecular weight is 512 g/mol. The van der Waals surface area contributed by atoms with Crippen molar-refractivity contribution in [3.63, 3.8) is 0 Å². The number of nitrogens with zero attached hydrogens (tertiary/aromatic N) is 2. The van der Waals surface area contributed by atoms with Crippen LogP contribution in [0, 0.1) is 0 Å². The summed E-state index contributed by atoms with van der Waals surface area (Å²) in [5, 5.41) is 24.5. The van der Waals surface area contributed by atoms with Gasteiger partial charge in [-0.3, -0.25) is 19.3 Å². The quantitative estimate of drug-likeness (QED) is 0.433. The van der Waals surface area contributed by atoms with Crippen molar-refractivity contribution in [2.75, 3.05) is 5.75 Å². The maximum Gasteiger partial charge on any atom is 0.353 e. The molecule has 1 saturated heterocycles. The van der Waals surface area contributed by atoms with Crippen molar-refractivity contribution in [3.05, 3.63) is 44.1 Å². The lowest BCUT2D eigenvalue weighted by molar-refractivity contribution is -0.150. The Kier molecular flexibility index (Phi) is 6.88. The number of aryl methyl sites for hydroxylation is 1. The first-order valence-electron chi connectivity index (χ1n) is 9.40. The molecule has 32 heavy (non-hydrogen) atoms. The summed E-state index contributed by atoms with van der Waals surface area (Å²) in [5.41, 5.74) is 0.544. The van der Waals surface area contributed by atoms with Crippen molar-refractivity contribution in [2.24, 2.45) is 0 Å². The van der Waals surface area contributed by atoms with Crippen LogP contribution < -0.4 is 5.32 Å². The van der Waals surface area contributed by atoms with E-state index in [1.54, 1.807) is 5.38 Å². The molecule has 2 aromatic rings. The van der Waals surface area contributed by atoms with Gasteiger partial charge in [0.2, 0.25) is 5.91 Å². The normalized spacial score (nSPS) is 20.0. The predicted molar refractivity (Wildman–Crippen MR) is 122 cm³/mol. The van der Waals surface area contributed by atoms with Gasteiger partial charge in [0.15, 0.2) is 4.34 Å². The molecule has 0 spiro atoms. The summed E-state index contributed by atoms with van der Waals surface area (Å²) in [6.45, 7) is 0. The van der Waals surface area contributed by atoms with Crippen LogP contribution in [-0.2, 0) is 32.0 Å². The van der Waals surface area contributed by atoms with Crippen molar-refractivity contribution in [1.29, 1.82) is 0 Å². The fourth-order valence-corrected chi connectivity index (χ4v) is 7.47. The van der Waals surface area contributed by atoms with E-state index < -0.39 is 29.3 Å². The number of hydrogen-bond acceptors (Lipinski definition) is 9. The highest BCUT2D eigenvalue weighted by Crippen LogP contribution is 2.45. The molecule has 2 atom stereocenters. The van der Waals surface area contributed by atoms with Crippen LogP contribution in [0.15, 0.2) is 37.8 Å². The molecule has 168 valence electrons. The molecule has 0 aliphatic carbocycles. The van der Waals surface area contributed by atoms with Crippen LogP contribution in [0.5, 0.6) is 0 Å². The van der Waals surface area contributed by atoms with Crippen molar-refractivity contribution in [1.82, 2.24) is 15.2 Å². The number of aromatic nitrogens is 1. The van der Waals surface area contributed by atoms with Crippen molar-refractivity contribution in [3.8, 4) is 0 Å². The van der Waals surface area contributed by atoms with E-state index in [1.807, 2.05) is 17.5 Å². The van der Waals surface area contributed by atoms with Crippen LogP contribution in [0.2, 0.25) is 0 Å². The van der Waals surface area contributed by atoms with Gasteiger partial charge in [0.1, 0.15) is 17.1 Å². The van der Waals surface area contributed by atoms with Gasteiger partial charge in [-0.25, -0.2) is 9.78 Å². The molecular weight excluding hydrogens is 494 g/mol. The smallest absolute Gasteiger partial charge is 0.353 e. The van der Waals surface area contributed by atoms with Gasteiger partial charge in [-0.05, 0) is 11.4 Å². The predicted octanol–water partition coefficient (Wildman–Crippen LogP) is 2.25. The summed E-state index contributed by atoms with van der Waals surface area (Å²) < 4.78 is 0.590. The Morgan fingerprint density at radius 2 is 2.09 bits per heavy atom. The minimum absolute atomic E-state index is 0.0314. The van der Waals surface area contributed by atoms with Crippen molar-refractivity contribution in [2.45, 2.75) is 35.0 Å². The SMILES string of the molecule is O=C(O)CCc1csc(SC2=C(C(=O)O)N3C(=O)[C@@H](NC(=O)Cc4cccs4)[C@@H]3SC2)n1. The van der Waals surface area contributed by atoms with Gasteiger partial charge in [-0.2, -0.15) is 0 Å². The van der Waals surface area contributed by atoms with Gasteiger partial charge in [-0.1, -0.05) is 17.8 Å². The zero-order valence-electron chi connectivity index (χ0n) is 16.3. The first-order chi connectivity index (χ1) is 15.3. The molecule has 4 heterocycles. The number of carbonyl (C=O) groups is 4. The zero-order chi connectivity index (χ0) is 22.8. The molecule has 2 aromatic heterocycles. The number of thioether (sulfide) groups is 2. The van der Waals surface area contributed by atoms with E-state index in [0.717, 1.165) is 4.88 Å². The molecule has 2 aliphatic heterocycles. The molecule has 2 amide bonds. The van der Waals surface area contributed by atoms with Crippen LogP contribution in [0.1, 0.15) is 17.0 Å².